The maximum atomic E-state index is 15.6. The van der Waals surface area contributed by atoms with Gasteiger partial charge in [-0.2, -0.15) is 4.39 Å². The number of ether oxygens (including phenoxy) is 2. The fourth-order valence-electron chi connectivity index (χ4n) is 4.19. The van der Waals surface area contributed by atoms with E-state index in [4.69, 9.17) is 20.6 Å². The van der Waals surface area contributed by atoms with Crippen molar-refractivity contribution in [1.82, 2.24) is 19.4 Å². The SMILES string of the molecule is CN1CC=NC1c1cc(S(=O)c2ncc(C(=O)O)n2C)ccc1Oc1c(F)cnc(Oc2cc(C(=N)N)ccc2O)c1F. The van der Waals surface area contributed by atoms with Gasteiger partial charge in [0.25, 0.3) is 5.88 Å². The van der Waals surface area contributed by atoms with Gasteiger partial charge in [0.1, 0.15) is 34.2 Å². The fraction of sp³-hybridized carbons (Fsp3) is 0.148. The first-order valence-corrected chi connectivity index (χ1v) is 13.5. The summed E-state index contributed by atoms with van der Waals surface area (Å²) in [6.07, 6.45) is 2.73. The molecule has 1 aliphatic rings. The number of rotatable bonds is 9. The Labute approximate surface area is 244 Å². The van der Waals surface area contributed by atoms with Crippen LogP contribution in [0.25, 0.3) is 0 Å². The zero-order valence-electron chi connectivity index (χ0n) is 22.5. The fourth-order valence-corrected chi connectivity index (χ4v) is 5.32. The molecule has 13 nitrogen and oxygen atoms in total. The first kappa shape index (κ1) is 29.3. The third-order valence-corrected chi connectivity index (χ3v) is 7.82. The van der Waals surface area contributed by atoms with Crippen molar-refractivity contribution in [3.05, 3.63) is 77.2 Å². The van der Waals surface area contributed by atoms with Gasteiger partial charge in [0, 0.05) is 35.8 Å². The zero-order chi connectivity index (χ0) is 31.0. The number of phenols is 1. The minimum Gasteiger partial charge on any atom is -0.504 e. The van der Waals surface area contributed by atoms with Gasteiger partial charge < -0.3 is 30.0 Å². The number of nitrogens with one attached hydrogen (secondary N) is 1. The summed E-state index contributed by atoms with van der Waals surface area (Å²) in [5.74, 6) is -6.39. The molecule has 0 bridgehead atoms. The van der Waals surface area contributed by atoms with Crippen LogP contribution in [0.1, 0.15) is 27.8 Å². The number of nitrogens with two attached hydrogens (primary N) is 1. The van der Waals surface area contributed by atoms with Crippen molar-refractivity contribution in [2.24, 2.45) is 17.8 Å². The molecule has 222 valence electrons. The number of aromatic nitrogens is 3. The van der Waals surface area contributed by atoms with Gasteiger partial charge in [-0.25, -0.2) is 23.4 Å². The van der Waals surface area contributed by atoms with E-state index in [1.54, 1.807) is 18.2 Å². The number of hydrogen-bond donors (Lipinski definition) is 4. The Hall–Kier alpha value is -5.22. The summed E-state index contributed by atoms with van der Waals surface area (Å²) in [5, 5.41) is 27.0. The van der Waals surface area contributed by atoms with Gasteiger partial charge in [-0.05, 0) is 43.4 Å². The predicted molar refractivity (Wildman–Crippen MR) is 149 cm³/mol. The summed E-state index contributed by atoms with van der Waals surface area (Å²) in [5.41, 5.74) is 5.80. The van der Waals surface area contributed by atoms with Gasteiger partial charge in [-0.1, -0.05) is 0 Å². The van der Waals surface area contributed by atoms with E-state index in [9.17, 15) is 23.6 Å². The standard InChI is InChI=1S/C27H23F2N7O6S/c1-35-8-7-32-24(35)15-10-14(43(40)27-34-12-17(26(38)39)36(27)2)4-6-19(15)41-22-16(28)11-33-25(21(22)29)42-20-9-13(23(30)31)3-5-18(20)37/h3-7,9-12,24,37H,8H2,1-2H3,(H3,30,31)(H,38,39). The molecule has 3 heterocycles. The average Bonchev–Trinajstić information content (AvgIpc) is 3.58. The van der Waals surface area contributed by atoms with E-state index in [-0.39, 0.29) is 38.6 Å². The molecule has 43 heavy (non-hydrogen) atoms. The molecule has 0 aliphatic carbocycles. The maximum Gasteiger partial charge on any atom is 0.354 e. The molecule has 0 saturated carbocycles. The molecule has 2 unspecified atom stereocenters. The number of aliphatic imine (C=N–C) groups is 1. The minimum absolute atomic E-state index is 0.0228. The lowest BCUT2D eigenvalue weighted by Gasteiger charge is -2.22. The summed E-state index contributed by atoms with van der Waals surface area (Å²) in [4.78, 5) is 25.4. The molecular formula is C27H23F2N7O6S. The van der Waals surface area contributed by atoms with Crippen molar-refractivity contribution in [2.45, 2.75) is 16.2 Å². The molecule has 0 radical (unpaired) electrons. The van der Waals surface area contributed by atoms with E-state index >= 15 is 4.39 Å². The molecular weight excluding hydrogens is 588 g/mol. The van der Waals surface area contributed by atoms with Gasteiger partial charge in [-0.15, -0.1) is 0 Å². The lowest BCUT2D eigenvalue weighted by molar-refractivity contribution is 0.0685. The summed E-state index contributed by atoms with van der Waals surface area (Å²) in [6.45, 7) is 0.456. The summed E-state index contributed by atoms with van der Waals surface area (Å²) in [6, 6.07) is 7.95. The number of hydrogen-bond acceptors (Lipinski definition) is 10. The van der Waals surface area contributed by atoms with Crippen LogP contribution >= 0.6 is 0 Å². The molecule has 5 N–H and O–H groups in total. The number of pyridine rings is 1. The summed E-state index contributed by atoms with van der Waals surface area (Å²) in [7, 11) is 1.24. The number of carboxylic acid groups (broad SMARTS) is 1. The highest BCUT2D eigenvalue weighted by atomic mass is 32.2. The Morgan fingerprint density at radius 1 is 1.12 bits per heavy atom. The van der Waals surface area contributed by atoms with Crippen molar-refractivity contribution >= 4 is 28.8 Å². The summed E-state index contributed by atoms with van der Waals surface area (Å²) >= 11 is 0. The lowest BCUT2D eigenvalue weighted by atomic mass is 10.1. The van der Waals surface area contributed by atoms with Crippen molar-refractivity contribution in [2.75, 3.05) is 13.6 Å². The van der Waals surface area contributed by atoms with Crippen molar-refractivity contribution < 1.29 is 37.5 Å². The Morgan fingerprint density at radius 2 is 1.88 bits per heavy atom. The molecule has 0 fully saturated rings. The Morgan fingerprint density at radius 3 is 2.53 bits per heavy atom. The van der Waals surface area contributed by atoms with Crippen LogP contribution < -0.4 is 15.2 Å². The average molecular weight is 612 g/mol. The highest BCUT2D eigenvalue weighted by Gasteiger charge is 2.28. The molecule has 4 aromatic rings. The van der Waals surface area contributed by atoms with Gasteiger partial charge in [0.15, 0.2) is 17.3 Å². The number of amidine groups is 1. The molecule has 16 heteroatoms. The van der Waals surface area contributed by atoms with Crippen molar-refractivity contribution in [3.8, 4) is 28.9 Å². The second kappa shape index (κ2) is 11.6. The van der Waals surface area contributed by atoms with E-state index in [1.165, 1.54) is 48.0 Å². The molecule has 0 saturated heterocycles. The highest BCUT2D eigenvalue weighted by molar-refractivity contribution is 7.85. The van der Waals surface area contributed by atoms with E-state index in [0.717, 1.165) is 6.20 Å². The van der Waals surface area contributed by atoms with Crippen LogP contribution in [0.2, 0.25) is 0 Å². The quantitative estimate of drug-likeness (QED) is 0.161. The second-order valence-electron chi connectivity index (χ2n) is 9.26. The largest absolute Gasteiger partial charge is 0.504 e. The van der Waals surface area contributed by atoms with Crippen molar-refractivity contribution in [1.29, 1.82) is 5.41 Å². The third kappa shape index (κ3) is 5.64. The van der Waals surface area contributed by atoms with Crippen molar-refractivity contribution in [3.63, 3.8) is 0 Å². The smallest absolute Gasteiger partial charge is 0.354 e. The van der Waals surface area contributed by atoms with E-state index in [2.05, 4.69) is 15.0 Å². The zero-order valence-corrected chi connectivity index (χ0v) is 23.3. The van der Waals surface area contributed by atoms with Crippen LogP contribution in [-0.4, -0.2) is 65.5 Å². The minimum atomic E-state index is -1.94. The summed E-state index contributed by atoms with van der Waals surface area (Å²) < 4.78 is 56.2. The molecule has 0 spiro atoms. The van der Waals surface area contributed by atoms with Crippen LogP contribution in [0.15, 0.2) is 63.8 Å². The van der Waals surface area contributed by atoms with E-state index in [1.807, 2.05) is 0 Å². The number of aromatic carboxylic acids is 1. The number of nitrogen functional groups attached to an aromatic ring is 1. The molecule has 1 aliphatic heterocycles. The molecule has 0 amide bonds. The van der Waals surface area contributed by atoms with E-state index < -0.39 is 51.9 Å². The number of carbonyl (C=O) groups is 1. The molecule has 2 aromatic carbocycles. The monoisotopic (exact) mass is 611 g/mol. The number of imidazole rings is 1. The van der Waals surface area contributed by atoms with Crippen LogP contribution in [0.3, 0.4) is 0 Å². The molecule has 2 aromatic heterocycles. The van der Waals surface area contributed by atoms with Crippen LogP contribution in [0.4, 0.5) is 8.78 Å². The molecule has 2 atom stereocenters. The lowest BCUT2D eigenvalue weighted by Crippen LogP contribution is -2.19. The number of carboxylic acids is 1. The normalized spacial score (nSPS) is 15.4. The third-order valence-electron chi connectivity index (χ3n) is 6.43. The topological polar surface area (TPSA) is 189 Å². The second-order valence-corrected chi connectivity index (χ2v) is 10.6. The number of benzene rings is 2. The first-order valence-electron chi connectivity index (χ1n) is 12.4. The molecule has 5 rings (SSSR count). The number of halogens is 2. The number of phenolic OH excluding ortho intramolecular Hbond substituents is 1. The van der Waals surface area contributed by atoms with E-state index in [0.29, 0.717) is 18.3 Å². The first-order chi connectivity index (χ1) is 20.5. The van der Waals surface area contributed by atoms with Gasteiger partial charge in [0.2, 0.25) is 16.7 Å². The van der Waals surface area contributed by atoms with Gasteiger partial charge >= 0.3 is 5.97 Å². The Kier molecular flexibility index (Phi) is 7.88. The van der Waals surface area contributed by atoms with Crippen LogP contribution in [0.5, 0.6) is 28.9 Å². The number of aromatic hydroxyl groups is 1. The van der Waals surface area contributed by atoms with Crippen LogP contribution in [-0.2, 0) is 17.8 Å². The van der Waals surface area contributed by atoms with Crippen LogP contribution in [0, 0.1) is 17.0 Å². The van der Waals surface area contributed by atoms with Gasteiger partial charge in [-0.3, -0.25) is 15.3 Å². The van der Waals surface area contributed by atoms with Gasteiger partial charge in [0.05, 0.1) is 12.4 Å². The number of nitrogens with zero attached hydrogens (tertiary/aromatic N) is 5. The highest BCUT2D eigenvalue weighted by Crippen LogP contribution is 2.40. The predicted octanol–water partition coefficient (Wildman–Crippen LogP) is 3.55. The maximum absolute atomic E-state index is 15.6. The Balaban J connectivity index is 1.53. The Bertz CT molecular complexity index is 1830.